The molecule has 0 amide bonds. The maximum absolute atomic E-state index is 8.76. The number of imidazole rings is 1. The summed E-state index contributed by atoms with van der Waals surface area (Å²) in [6.07, 6.45) is 0.594. The number of hydrogen-bond donors (Lipinski definition) is 1. The van der Waals surface area contributed by atoms with Crippen LogP contribution in [0.4, 0.5) is 0 Å². The van der Waals surface area contributed by atoms with Crippen molar-refractivity contribution >= 4 is 0 Å². The molecule has 0 aliphatic carbocycles. The molecule has 0 aliphatic heterocycles. The van der Waals surface area contributed by atoms with Crippen LogP contribution in [-0.4, -0.2) is 9.97 Å². The zero-order valence-corrected chi connectivity index (χ0v) is 8.44. The van der Waals surface area contributed by atoms with Gasteiger partial charge in [0, 0.05) is 6.42 Å². The minimum atomic E-state index is 0.161. The van der Waals surface area contributed by atoms with Crippen molar-refractivity contribution in [3.8, 4) is 12.1 Å². The largest absolute Gasteiger partial charge is 0.332 e. The van der Waals surface area contributed by atoms with Gasteiger partial charge in [0.2, 0.25) is 0 Å². The summed E-state index contributed by atoms with van der Waals surface area (Å²) < 4.78 is 0. The summed E-state index contributed by atoms with van der Waals surface area (Å²) in [5, 5.41) is 17.5. The van der Waals surface area contributed by atoms with E-state index < -0.39 is 0 Å². The Morgan fingerprint density at radius 1 is 1.12 bits per heavy atom. The van der Waals surface area contributed by atoms with Gasteiger partial charge in [-0.15, -0.1) is 0 Å². The van der Waals surface area contributed by atoms with E-state index in [9.17, 15) is 0 Å². The lowest BCUT2D eigenvalue weighted by atomic mass is 10.1. The van der Waals surface area contributed by atoms with Gasteiger partial charge in [-0.25, -0.2) is 4.98 Å². The second-order valence-corrected chi connectivity index (χ2v) is 3.29. The van der Waals surface area contributed by atoms with Gasteiger partial charge in [-0.1, -0.05) is 30.3 Å². The lowest BCUT2D eigenvalue weighted by molar-refractivity contribution is 1.02. The molecule has 2 rings (SSSR count). The van der Waals surface area contributed by atoms with Gasteiger partial charge >= 0.3 is 0 Å². The molecule has 4 heteroatoms. The Morgan fingerprint density at radius 2 is 1.88 bits per heavy atom. The predicted molar refractivity (Wildman–Crippen MR) is 57.3 cm³/mol. The Hall–Kier alpha value is -2.59. The van der Waals surface area contributed by atoms with E-state index in [4.69, 9.17) is 10.5 Å². The number of H-pyrrole nitrogens is 1. The molecule has 1 aromatic heterocycles. The third kappa shape index (κ3) is 1.92. The first-order valence-corrected chi connectivity index (χ1v) is 4.76. The fourth-order valence-corrected chi connectivity index (χ4v) is 1.46. The number of aromatic nitrogens is 2. The Morgan fingerprint density at radius 3 is 2.44 bits per heavy atom. The van der Waals surface area contributed by atoms with Crippen molar-refractivity contribution in [3.05, 3.63) is 53.1 Å². The molecule has 0 radical (unpaired) electrons. The van der Waals surface area contributed by atoms with E-state index in [1.165, 1.54) is 0 Å². The molecule has 0 unspecified atom stereocenters. The Balaban J connectivity index is 2.28. The minimum absolute atomic E-state index is 0.161. The van der Waals surface area contributed by atoms with Crippen molar-refractivity contribution in [3.63, 3.8) is 0 Å². The minimum Gasteiger partial charge on any atom is -0.332 e. The van der Waals surface area contributed by atoms with Gasteiger partial charge < -0.3 is 4.98 Å². The molecule has 1 heterocycles. The van der Waals surface area contributed by atoms with Crippen molar-refractivity contribution in [1.82, 2.24) is 9.97 Å². The van der Waals surface area contributed by atoms with Crippen LogP contribution in [0.5, 0.6) is 0 Å². The molecule has 16 heavy (non-hydrogen) atoms. The summed E-state index contributed by atoms with van der Waals surface area (Å²) >= 11 is 0. The zero-order chi connectivity index (χ0) is 11.4. The Kier molecular flexibility index (Phi) is 2.67. The standard InChI is InChI=1S/C12H8N4/c13-7-10-11(8-14)16-12(15-10)6-9-4-2-1-3-5-9/h1-5H,6H2,(H,15,16). The summed E-state index contributed by atoms with van der Waals surface area (Å²) in [6, 6.07) is 13.6. The van der Waals surface area contributed by atoms with Crippen LogP contribution >= 0.6 is 0 Å². The molecule has 0 saturated carbocycles. The van der Waals surface area contributed by atoms with Crippen LogP contribution < -0.4 is 0 Å². The lowest BCUT2D eigenvalue weighted by Gasteiger charge is -1.95. The van der Waals surface area contributed by atoms with Crippen molar-refractivity contribution < 1.29 is 0 Å². The molecule has 0 fully saturated rings. The first-order chi connectivity index (χ1) is 7.83. The number of aromatic amines is 1. The lowest BCUT2D eigenvalue weighted by Crippen LogP contribution is -1.90. The van der Waals surface area contributed by atoms with E-state index in [0.29, 0.717) is 12.2 Å². The van der Waals surface area contributed by atoms with E-state index in [2.05, 4.69) is 9.97 Å². The number of rotatable bonds is 2. The van der Waals surface area contributed by atoms with Gasteiger partial charge in [-0.2, -0.15) is 10.5 Å². The summed E-state index contributed by atoms with van der Waals surface area (Å²) in [4.78, 5) is 6.89. The topological polar surface area (TPSA) is 76.3 Å². The number of nitrogens with zero attached hydrogens (tertiary/aromatic N) is 3. The fraction of sp³-hybridized carbons (Fsp3) is 0.0833. The number of nitriles is 2. The van der Waals surface area contributed by atoms with Crippen LogP contribution in [-0.2, 0) is 6.42 Å². The van der Waals surface area contributed by atoms with Gasteiger partial charge in [0.25, 0.3) is 0 Å². The molecule has 0 spiro atoms. The average molecular weight is 208 g/mol. The number of hydrogen-bond acceptors (Lipinski definition) is 3. The van der Waals surface area contributed by atoms with Gasteiger partial charge in [0.15, 0.2) is 11.4 Å². The molecule has 1 N–H and O–H groups in total. The van der Waals surface area contributed by atoms with E-state index in [1.54, 1.807) is 0 Å². The summed E-state index contributed by atoms with van der Waals surface area (Å²) in [5.74, 6) is 0.638. The predicted octanol–water partition coefficient (Wildman–Crippen LogP) is 1.74. The van der Waals surface area contributed by atoms with E-state index in [1.807, 2.05) is 42.5 Å². The van der Waals surface area contributed by atoms with E-state index >= 15 is 0 Å². The van der Waals surface area contributed by atoms with Crippen molar-refractivity contribution in [2.24, 2.45) is 0 Å². The second kappa shape index (κ2) is 4.29. The third-order valence-electron chi connectivity index (χ3n) is 2.18. The molecule has 0 atom stereocenters. The van der Waals surface area contributed by atoms with Gasteiger partial charge in [-0.05, 0) is 5.56 Å². The highest BCUT2D eigenvalue weighted by molar-refractivity contribution is 5.37. The molecule has 4 nitrogen and oxygen atoms in total. The number of nitrogens with one attached hydrogen (secondary N) is 1. The van der Waals surface area contributed by atoms with Crippen molar-refractivity contribution in [1.29, 1.82) is 10.5 Å². The summed E-state index contributed by atoms with van der Waals surface area (Å²) in [5.41, 5.74) is 1.48. The third-order valence-corrected chi connectivity index (χ3v) is 2.18. The number of benzene rings is 1. The molecule has 0 saturated heterocycles. The Labute approximate surface area is 92.8 Å². The molecular weight excluding hydrogens is 200 g/mol. The first kappa shape index (κ1) is 9.95. The maximum atomic E-state index is 8.76. The first-order valence-electron chi connectivity index (χ1n) is 4.76. The quantitative estimate of drug-likeness (QED) is 0.816. The highest BCUT2D eigenvalue weighted by Crippen LogP contribution is 2.09. The fourth-order valence-electron chi connectivity index (χ4n) is 1.46. The van der Waals surface area contributed by atoms with Gasteiger partial charge in [0.1, 0.15) is 18.0 Å². The monoisotopic (exact) mass is 208 g/mol. The van der Waals surface area contributed by atoms with E-state index in [0.717, 1.165) is 5.56 Å². The second-order valence-electron chi connectivity index (χ2n) is 3.29. The van der Waals surface area contributed by atoms with Gasteiger partial charge in [0.05, 0.1) is 0 Å². The SMILES string of the molecule is N#Cc1nc(Cc2ccccc2)[nH]c1C#N. The zero-order valence-electron chi connectivity index (χ0n) is 8.44. The van der Waals surface area contributed by atoms with Crippen LogP contribution in [0.2, 0.25) is 0 Å². The Bertz CT molecular complexity index is 538. The van der Waals surface area contributed by atoms with E-state index in [-0.39, 0.29) is 11.4 Å². The summed E-state index contributed by atoms with van der Waals surface area (Å²) in [7, 11) is 0. The summed E-state index contributed by atoms with van der Waals surface area (Å²) in [6.45, 7) is 0. The van der Waals surface area contributed by atoms with Crippen molar-refractivity contribution in [2.45, 2.75) is 6.42 Å². The maximum Gasteiger partial charge on any atom is 0.176 e. The molecular formula is C12H8N4. The highest BCUT2D eigenvalue weighted by atomic mass is 14.9. The smallest absolute Gasteiger partial charge is 0.176 e. The molecule has 76 valence electrons. The van der Waals surface area contributed by atoms with Crippen molar-refractivity contribution in [2.75, 3.05) is 0 Å². The van der Waals surface area contributed by atoms with Crippen LogP contribution in [0, 0.1) is 22.7 Å². The molecule has 0 bridgehead atoms. The van der Waals surface area contributed by atoms with Crippen LogP contribution in [0.1, 0.15) is 22.8 Å². The van der Waals surface area contributed by atoms with Crippen LogP contribution in [0.15, 0.2) is 30.3 Å². The normalized spacial score (nSPS) is 9.38. The highest BCUT2D eigenvalue weighted by Gasteiger charge is 2.08. The van der Waals surface area contributed by atoms with Crippen LogP contribution in [0.3, 0.4) is 0 Å². The average Bonchev–Trinajstić information content (AvgIpc) is 2.72. The molecule has 1 aromatic carbocycles. The van der Waals surface area contributed by atoms with Gasteiger partial charge in [-0.3, -0.25) is 0 Å². The molecule has 2 aromatic rings. The van der Waals surface area contributed by atoms with Crippen LogP contribution in [0.25, 0.3) is 0 Å². The molecule has 0 aliphatic rings.